The number of Topliss-reactive ketones (excluding diaryl/α,β-unsaturated/α-hetero) is 1. The first-order valence-corrected chi connectivity index (χ1v) is 9.59. The zero-order chi connectivity index (χ0) is 18.5. The summed E-state index contributed by atoms with van der Waals surface area (Å²) in [5.41, 5.74) is 1.66. The van der Waals surface area contributed by atoms with Crippen LogP contribution < -0.4 is 10.6 Å². The summed E-state index contributed by atoms with van der Waals surface area (Å²) in [6, 6.07) is 11.2. The van der Waals surface area contributed by atoms with Crippen LogP contribution in [-0.4, -0.2) is 17.6 Å². The first-order chi connectivity index (χ1) is 12.5. The van der Waals surface area contributed by atoms with Crippen molar-refractivity contribution in [3.05, 3.63) is 51.7 Å². The van der Waals surface area contributed by atoms with Gasteiger partial charge in [-0.25, -0.2) is 0 Å². The number of carbonyl (C=O) groups excluding carboxylic acids is 3. The number of nitrogens with one attached hydrogen (secondary N) is 2. The van der Waals surface area contributed by atoms with Crippen molar-refractivity contribution in [2.75, 3.05) is 5.32 Å². The number of hydrogen-bond donors (Lipinski definition) is 2. The molecule has 1 aliphatic rings. The second-order valence-corrected chi connectivity index (χ2v) is 7.86. The third kappa shape index (κ3) is 5.26. The van der Waals surface area contributed by atoms with Crippen molar-refractivity contribution in [2.45, 2.75) is 39.2 Å². The first kappa shape index (κ1) is 18.3. The molecule has 0 atom stereocenters. The number of thiophene rings is 1. The van der Waals surface area contributed by atoms with Gasteiger partial charge < -0.3 is 10.6 Å². The van der Waals surface area contributed by atoms with E-state index in [4.69, 9.17) is 0 Å². The number of amides is 2. The largest absolute Gasteiger partial charge is 0.352 e. The van der Waals surface area contributed by atoms with Crippen LogP contribution in [0, 0.1) is 12.8 Å². The van der Waals surface area contributed by atoms with E-state index in [2.05, 4.69) is 10.6 Å². The molecule has 1 fully saturated rings. The number of aryl methyl sites for hydroxylation is 1. The Hall–Kier alpha value is -2.47. The summed E-state index contributed by atoms with van der Waals surface area (Å²) < 4.78 is 0. The quantitative estimate of drug-likeness (QED) is 0.696. The third-order valence-electron chi connectivity index (χ3n) is 4.23. The molecule has 1 heterocycles. The summed E-state index contributed by atoms with van der Waals surface area (Å²) in [5, 5.41) is 5.72. The molecular weight excluding hydrogens is 348 g/mol. The predicted octanol–water partition coefficient (Wildman–Crippen LogP) is 3.68. The summed E-state index contributed by atoms with van der Waals surface area (Å²) >= 11 is 1.45. The van der Waals surface area contributed by atoms with Gasteiger partial charge in [0.05, 0.1) is 4.88 Å². The van der Waals surface area contributed by atoms with Crippen LogP contribution in [0.1, 0.15) is 45.8 Å². The molecule has 2 amide bonds. The van der Waals surface area contributed by atoms with E-state index >= 15 is 0 Å². The fourth-order valence-electron chi connectivity index (χ4n) is 2.57. The predicted molar refractivity (Wildman–Crippen MR) is 102 cm³/mol. The Morgan fingerprint density at radius 2 is 1.92 bits per heavy atom. The molecule has 136 valence electrons. The third-order valence-corrected chi connectivity index (χ3v) is 5.27. The molecule has 0 bridgehead atoms. The van der Waals surface area contributed by atoms with Gasteiger partial charge in [0, 0.05) is 35.9 Å². The lowest BCUT2D eigenvalue weighted by atomic mass is 10.1. The molecule has 2 aromatic rings. The summed E-state index contributed by atoms with van der Waals surface area (Å²) in [6.45, 7) is 2.33. The highest BCUT2D eigenvalue weighted by molar-refractivity contribution is 7.14. The van der Waals surface area contributed by atoms with Gasteiger partial charge in [-0.2, -0.15) is 0 Å². The summed E-state index contributed by atoms with van der Waals surface area (Å²) in [5.74, 6) is 0.0682. The highest BCUT2D eigenvalue weighted by atomic mass is 32.1. The van der Waals surface area contributed by atoms with E-state index in [-0.39, 0.29) is 36.4 Å². The smallest absolute Gasteiger partial charge is 0.227 e. The maximum absolute atomic E-state index is 12.0. The summed E-state index contributed by atoms with van der Waals surface area (Å²) in [7, 11) is 0. The Morgan fingerprint density at radius 1 is 1.12 bits per heavy atom. The van der Waals surface area contributed by atoms with Crippen LogP contribution in [-0.2, 0) is 16.1 Å². The van der Waals surface area contributed by atoms with Crippen LogP contribution in [0.5, 0.6) is 0 Å². The van der Waals surface area contributed by atoms with Gasteiger partial charge in [-0.15, -0.1) is 11.3 Å². The normalized spacial score (nSPS) is 13.3. The second-order valence-electron chi connectivity index (χ2n) is 6.57. The topological polar surface area (TPSA) is 75.3 Å². The van der Waals surface area contributed by atoms with Crippen molar-refractivity contribution in [2.24, 2.45) is 5.92 Å². The van der Waals surface area contributed by atoms with E-state index in [9.17, 15) is 14.4 Å². The van der Waals surface area contributed by atoms with Crippen LogP contribution in [0.2, 0.25) is 0 Å². The molecule has 6 heteroatoms. The van der Waals surface area contributed by atoms with Gasteiger partial charge in [0.2, 0.25) is 11.8 Å². The molecule has 0 aliphatic heterocycles. The molecule has 5 nitrogen and oxygen atoms in total. The monoisotopic (exact) mass is 370 g/mol. The second kappa shape index (κ2) is 8.27. The fraction of sp³-hybridized carbons (Fsp3) is 0.350. The molecule has 2 N–H and O–H groups in total. The van der Waals surface area contributed by atoms with Crippen LogP contribution in [0.15, 0.2) is 36.4 Å². The van der Waals surface area contributed by atoms with Gasteiger partial charge in [0.15, 0.2) is 5.78 Å². The number of carbonyl (C=O) groups is 3. The standard InChI is InChI=1S/C20H22N2O3S/c1-13-5-9-18(26-13)17(23)8-10-19(24)21-12-14-3-2-4-16(11-14)22-20(25)15-6-7-15/h2-5,9,11,15H,6-8,10,12H2,1H3,(H,21,24)(H,22,25). The van der Waals surface area contributed by atoms with Crippen LogP contribution >= 0.6 is 11.3 Å². The molecule has 1 aromatic carbocycles. The van der Waals surface area contributed by atoms with Crippen molar-refractivity contribution in [3.8, 4) is 0 Å². The van der Waals surface area contributed by atoms with Gasteiger partial charge in [0.1, 0.15) is 0 Å². The van der Waals surface area contributed by atoms with Crippen LogP contribution in [0.3, 0.4) is 0 Å². The van der Waals surface area contributed by atoms with Crippen LogP contribution in [0.25, 0.3) is 0 Å². The number of benzene rings is 1. The zero-order valence-corrected chi connectivity index (χ0v) is 15.5. The van der Waals surface area contributed by atoms with Gasteiger partial charge in [-0.05, 0) is 49.6 Å². The summed E-state index contributed by atoms with van der Waals surface area (Å²) in [6.07, 6.45) is 2.31. The molecule has 26 heavy (non-hydrogen) atoms. The Balaban J connectivity index is 1.43. The molecule has 1 aliphatic carbocycles. The van der Waals surface area contributed by atoms with Crippen molar-refractivity contribution in [1.29, 1.82) is 0 Å². The minimum absolute atomic E-state index is 0.00281. The molecular formula is C20H22N2O3S. The maximum Gasteiger partial charge on any atom is 0.227 e. The Labute approximate surface area is 156 Å². The Bertz CT molecular complexity index is 824. The number of ketones is 1. The lowest BCUT2D eigenvalue weighted by molar-refractivity contribution is -0.121. The maximum atomic E-state index is 12.0. The van der Waals surface area contributed by atoms with Gasteiger partial charge in [-0.1, -0.05) is 12.1 Å². The van der Waals surface area contributed by atoms with Crippen molar-refractivity contribution in [3.63, 3.8) is 0 Å². The van der Waals surface area contributed by atoms with Gasteiger partial charge in [0.25, 0.3) is 0 Å². The molecule has 0 saturated heterocycles. The van der Waals surface area contributed by atoms with Gasteiger partial charge >= 0.3 is 0 Å². The van der Waals surface area contributed by atoms with E-state index < -0.39 is 0 Å². The molecule has 3 rings (SSSR count). The molecule has 1 aromatic heterocycles. The fourth-order valence-corrected chi connectivity index (χ4v) is 3.41. The molecule has 0 spiro atoms. The minimum atomic E-state index is -0.154. The van der Waals surface area contributed by atoms with E-state index in [0.29, 0.717) is 11.4 Å². The minimum Gasteiger partial charge on any atom is -0.352 e. The highest BCUT2D eigenvalue weighted by Crippen LogP contribution is 2.30. The molecule has 1 saturated carbocycles. The zero-order valence-electron chi connectivity index (χ0n) is 14.7. The Kier molecular flexibility index (Phi) is 5.83. The number of rotatable bonds is 8. The van der Waals surface area contributed by atoms with Gasteiger partial charge in [-0.3, -0.25) is 14.4 Å². The van der Waals surface area contributed by atoms with Crippen molar-refractivity contribution < 1.29 is 14.4 Å². The number of hydrogen-bond acceptors (Lipinski definition) is 4. The highest BCUT2D eigenvalue weighted by Gasteiger charge is 2.29. The average Bonchev–Trinajstić information content (AvgIpc) is 3.39. The molecule has 0 radical (unpaired) electrons. The average molecular weight is 370 g/mol. The lowest BCUT2D eigenvalue weighted by Gasteiger charge is -2.08. The Morgan fingerprint density at radius 3 is 2.62 bits per heavy atom. The molecule has 0 unspecified atom stereocenters. The van der Waals surface area contributed by atoms with E-state index in [1.807, 2.05) is 43.3 Å². The number of anilines is 1. The van der Waals surface area contributed by atoms with Crippen LogP contribution in [0.4, 0.5) is 5.69 Å². The first-order valence-electron chi connectivity index (χ1n) is 8.77. The van der Waals surface area contributed by atoms with Crippen molar-refractivity contribution >= 4 is 34.6 Å². The SMILES string of the molecule is Cc1ccc(C(=O)CCC(=O)NCc2cccc(NC(=O)C3CC3)c2)s1. The van der Waals surface area contributed by atoms with E-state index in [1.165, 1.54) is 11.3 Å². The van der Waals surface area contributed by atoms with E-state index in [0.717, 1.165) is 29.0 Å². The van der Waals surface area contributed by atoms with E-state index in [1.54, 1.807) is 0 Å². The lowest BCUT2D eigenvalue weighted by Crippen LogP contribution is -2.23. The van der Waals surface area contributed by atoms with Crippen molar-refractivity contribution in [1.82, 2.24) is 5.32 Å². The summed E-state index contributed by atoms with van der Waals surface area (Å²) in [4.78, 5) is 37.6.